The number of aliphatic hydroxyl groups excluding tert-OH is 1. The lowest BCUT2D eigenvalue weighted by atomic mass is 10.1. The molecule has 0 saturated carbocycles. The van der Waals surface area contributed by atoms with Crippen LogP contribution in [0.15, 0.2) is 5.38 Å². The minimum atomic E-state index is 0.0693. The third-order valence-electron chi connectivity index (χ3n) is 3.17. The monoisotopic (exact) mass is 279 g/mol. The van der Waals surface area contributed by atoms with E-state index < -0.39 is 0 Å². The molecule has 4 nitrogen and oxygen atoms in total. The number of anilines is 1. The molecule has 0 radical (unpaired) electrons. The molecule has 19 heavy (non-hydrogen) atoms. The Morgan fingerprint density at radius 2 is 2.16 bits per heavy atom. The quantitative estimate of drug-likeness (QED) is 0.852. The van der Waals surface area contributed by atoms with E-state index >= 15 is 0 Å². The molecule has 0 aliphatic rings. The summed E-state index contributed by atoms with van der Waals surface area (Å²) in [5, 5.41) is 14.9. The average Bonchev–Trinajstić information content (AvgIpc) is 2.76. The van der Waals surface area contributed by atoms with E-state index in [-0.39, 0.29) is 12.6 Å². The number of aromatic nitrogens is 2. The van der Waals surface area contributed by atoms with Crippen molar-refractivity contribution in [1.29, 1.82) is 0 Å². The molecular weight excluding hydrogens is 258 g/mol. The summed E-state index contributed by atoms with van der Waals surface area (Å²) in [6.45, 7) is 6.26. The largest absolute Gasteiger partial charge is 0.394 e. The third kappa shape index (κ3) is 3.22. The zero-order valence-corrected chi connectivity index (χ0v) is 12.5. The zero-order valence-electron chi connectivity index (χ0n) is 11.7. The first-order chi connectivity index (χ1) is 9.15. The lowest BCUT2D eigenvalue weighted by molar-refractivity contribution is 0.267. The number of fused-ring (bicyclic) bond motifs is 1. The smallest absolute Gasteiger partial charge is 0.148 e. The normalized spacial score (nSPS) is 12.8. The summed E-state index contributed by atoms with van der Waals surface area (Å²) in [6.07, 6.45) is 3.20. The van der Waals surface area contributed by atoms with Gasteiger partial charge in [0.15, 0.2) is 0 Å². The van der Waals surface area contributed by atoms with Crippen LogP contribution >= 0.6 is 11.3 Å². The fourth-order valence-corrected chi connectivity index (χ4v) is 3.04. The first-order valence-electron chi connectivity index (χ1n) is 6.75. The van der Waals surface area contributed by atoms with Gasteiger partial charge in [0.1, 0.15) is 11.6 Å². The second kappa shape index (κ2) is 6.30. The van der Waals surface area contributed by atoms with Gasteiger partial charge in [0.05, 0.1) is 22.9 Å². The summed E-state index contributed by atoms with van der Waals surface area (Å²) in [7, 11) is 0. The molecule has 1 atom stereocenters. The molecule has 2 aromatic rings. The van der Waals surface area contributed by atoms with Crippen LogP contribution < -0.4 is 5.32 Å². The summed E-state index contributed by atoms with van der Waals surface area (Å²) >= 11 is 1.66. The third-order valence-corrected chi connectivity index (χ3v) is 4.27. The highest BCUT2D eigenvalue weighted by Crippen LogP contribution is 2.30. The van der Waals surface area contributed by atoms with E-state index in [9.17, 15) is 5.11 Å². The van der Waals surface area contributed by atoms with E-state index in [1.54, 1.807) is 11.3 Å². The van der Waals surface area contributed by atoms with Crippen LogP contribution in [0.5, 0.6) is 0 Å². The highest BCUT2D eigenvalue weighted by atomic mass is 32.1. The Kier molecular flexibility index (Phi) is 4.71. The van der Waals surface area contributed by atoms with Crippen LogP contribution in [0.25, 0.3) is 10.2 Å². The lowest BCUT2D eigenvalue weighted by Gasteiger charge is -2.17. The molecule has 2 rings (SSSR count). The maximum Gasteiger partial charge on any atom is 0.148 e. The van der Waals surface area contributed by atoms with E-state index in [1.165, 1.54) is 5.56 Å². The van der Waals surface area contributed by atoms with Gasteiger partial charge in [-0.2, -0.15) is 0 Å². The second-order valence-corrected chi connectivity index (χ2v) is 5.76. The average molecular weight is 279 g/mol. The van der Waals surface area contributed by atoms with Crippen LogP contribution in [0, 0.1) is 13.8 Å². The number of nitrogens with one attached hydrogen (secondary N) is 1. The van der Waals surface area contributed by atoms with Crippen LogP contribution in [0.1, 0.15) is 37.6 Å². The van der Waals surface area contributed by atoms with Gasteiger partial charge in [0, 0.05) is 0 Å². The van der Waals surface area contributed by atoms with Crippen molar-refractivity contribution < 1.29 is 5.11 Å². The molecule has 0 aliphatic carbocycles. The minimum absolute atomic E-state index is 0.0693. The SMILES string of the molecule is CCCC[C@H](CO)Nc1nc(C)nc2c(C)csc12. The predicted octanol–water partition coefficient (Wildman–Crippen LogP) is 3.27. The summed E-state index contributed by atoms with van der Waals surface area (Å²) in [5.74, 6) is 1.62. The van der Waals surface area contributed by atoms with Gasteiger partial charge in [-0.25, -0.2) is 9.97 Å². The highest BCUT2D eigenvalue weighted by molar-refractivity contribution is 7.18. The second-order valence-electron chi connectivity index (χ2n) is 4.88. The number of nitrogens with zero attached hydrogens (tertiary/aromatic N) is 2. The van der Waals surface area contributed by atoms with Gasteiger partial charge >= 0.3 is 0 Å². The summed E-state index contributed by atoms with van der Waals surface area (Å²) in [5.41, 5.74) is 2.20. The van der Waals surface area contributed by atoms with Gasteiger partial charge in [-0.05, 0) is 31.2 Å². The highest BCUT2D eigenvalue weighted by Gasteiger charge is 2.13. The van der Waals surface area contributed by atoms with Gasteiger partial charge in [-0.3, -0.25) is 0 Å². The molecular formula is C14H21N3OS. The first kappa shape index (κ1) is 14.2. The van der Waals surface area contributed by atoms with Crippen molar-refractivity contribution >= 4 is 27.4 Å². The fraction of sp³-hybridized carbons (Fsp3) is 0.571. The molecule has 104 valence electrons. The van der Waals surface area contributed by atoms with Gasteiger partial charge in [0.25, 0.3) is 0 Å². The fourth-order valence-electron chi connectivity index (χ4n) is 2.10. The topological polar surface area (TPSA) is 58.0 Å². The standard InChI is InChI=1S/C14H21N3OS/c1-4-5-6-11(7-18)17-14-13-12(9(2)8-19-13)15-10(3)16-14/h8,11,18H,4-7H2,1-3H3,(H,15,16,17)/t11-/m1/s1. The van der Waals surface area contributed by atoms with Crippen molar-refractivity contribution in [2.75, 3.05) is 11.9 Å². The van der Waals surface area contributed by atoms with Crippen LogP contribution in [0.3, 0.4) is 0 Å². The van der Waals surface area contributed by atoms with Gasteiger partial charge < -0.3 is 10.4 Å². The van der Waals surface area contributed by atoms with Crippen molar-refractivity contribution in [3.05, 3.63) is 16.8 Å². The summed E-state index contributed by atoms with van der Waals surface area (Å²) < 4.78 is 1.08. The van der Waals surface area contributed by atoms with Crippen molar-refractivity contribution in [2.45, 2.75) is 46.1 Å². The lowest BCUT2D eigenvalue weighted by Crippen LogP contribution is -2.24. The van der Waals surface area contributed by atoms with Crippen LogP contribution in [-0.2, 0) is 0 Å². The number of hydrogen-bond donors (Lipinski definition) is 2. The van der Waals surface area contributed by atoms with Crippen molar-refractivity contribution in [1.82, 2.24) is 9.97 Å². The van der Waals surface area contributed by atoms with Crippen LogP contribution in [-0.4, -0.2) is 27.7 Å². The Balaban J connectivity index is 2.28. The Bertz CT molecular complexity index is 553. The summed E-state index contributed by atoms with van der Waals surface area (Å²) in [4.78, 5) is 8.98. The molecule has 0 aromatic carbocycles. The van der Waals surface area contributed by atoms with E-state index in [0.717, 1.165) is 41.1 Å². The van der Waals surface area contributed by atoms with Gasteiger partial charge in [-0.15, -0.1) is 11.3 Å². The molecule has 0 aliphatic heterocycles. The number of thiophene rings is 1. The molecule has 0 spiro atoms. The first-order valence-corrected chi connectivity index (χ1v) is 7.63. The van der Waals surface area contributed by atoms with Gasteiger partial charge in [0.2, 0.25) is 0 Å². The number of rotatable bonds is 6. The molecule has 0 bridgehead atoms. The van der Waals surface area contributed by atoms with E-state index in [1.807, 2.05) is 6.92 Å². The molecule has 0 saturated heterocycles. The van der Waals surface area contributed by atoms with E-state index in [2.05, 4.69) is 34.5 Å². The number of unbranched alkanes of at least 4 members (excludes halogenated alkanes) is 1. The Hall–Kier alpha value is -1.20. The Morgan fingerprint density at radius 1 is 1.37 bits per heavy atom. The van der Waals surface area contributed by atoms with Gasteiger partial charge in [-0.1, -0.05) is 19.8 Å². The number of aliphatic hydroxyl groups is 1. The summed E-state index contributed by atoms with van der Waals surface area (Å²) in [6, 6.07) is 0.0693. The van der Waals surface area contributed by atoms with E-state index in [4.69, 9.17) is 0 Å². The maximum absolute atomic E-state index is 9.46. The van der Waals surface area contributed by atoms with E-state index in [0.29, 0.717) is 0 Å². The maximum atomic E-state index is 9.46. The molecule has 2 N–H and O–H groups in total. The Labute approximate surface area is 117 Å². The molecule has 2 heterocycles. The minimum Gasteiger partial charge on any atom is -0.394 e. The van der Waals surface area contributed by atoms with Crippen LogP contribution in [0.2, 0.25) is 0 Å². The number of aryl methyl sites for hydroxylation is 2. The molecule has 0 fully saturated rings. The van der Waals surface area contributed by atoms with Crippen molar-refractivity contribution in [3.63, 3.8) is 0 Å². The molecule has 0 unspecified atom stereocenters. The number of hydrogen-bond acceptors (Lipinski definition) is 5. The van der Waals surface area contributed by atoms with Crippen molar-refractivity contribution in [2.24, 2.45) is 0 Å². The molecule has 0 amide bonds. The Morgan fingerprint density at radius 3 is 2.84 bits per heavy atom. The molecule has 5 heteroatoms. The predicted molar refractivity (Wildman–Crippen MR) is 80.9 cm³/mol. The molecule has 2 aromatic heterocycles. The van der Waals surface area contributed by atoms with Crippen molar-refractivity contribution in [3.8, 4) is 0 Å². The zero-order chi connectivity index (χ0) is 13.8. The van der Waals surface area contributed by atoms with Crippen LogP contribution in [0.4, 0.5) is 5.82 Å².